The lowest BCUT2D eigenvalue weighted by molar-refractivity contribution is 0.653. The quantitative estimate of drug-likeness (QED) is 0.683. The van der Waals surface area contributed by atoms with Crippen LogP contribution in [0.1, 0.15) is 12.0 Å². The minimum Gasteiger partial charge on any atom is -0.0843 e. The molecular formula is C13H13Cl. The van der Waals surface area contributed by atoms with Crippen LogP contribution in [0, 0.1) is 5.92 Å². The summed E-state index contributed by atoms with van der Waals surface area (Å²) in [5.41, 5.74) is 1.36. The molecule has 1 aliphatic carbocycles. The third-order valence-electron chi connectivity index (χ3n) is 2.48. The highest BCUT2D eigenvalue weighted by Crippen LogP contribution is 2.18. The Labute approximate surface area is 89.9 Å². The van der Waals surface area contributed by atoms with E-state index >= 15 is 0 Å². The van der Waals surface area contributed by atoms with Gasteiger partial charge in [0, 0.05) is 5.02 Å². The summed E-state index contributed by atoms with van der Waals surface area (Å²) in [6.45, 7) is 0. The normalized spacial score (nSPS) is 19.9. The second-order valence-electron chi connectivity index (χ2n) is 3.64. The van der Waals surface area contributed by atoms with E-state index in [9.17, 15) is 0 Å². The van der Waals surface area contributed by atoms with Gasteiger partial charge in [-0.1, -0.05) is 48.0 Å². The number of benzene rings is 1. The minimum absolute atomic E-state index is 0.654. The fourth-order valence-electron chi connectivity index (χ4n) is 1.71. The molecule has 0 N–H and O–H groups in total. The molecule has 0 saturated carbocycles. The average molecular weight is 205 g/mol. The van der Waals surface area contributed by atoms with Crippen molar-refractivity contribution in [3.63, 3.8) is 0 Å². The first-order valence-electron chi connectivity index (χ1n) is 4.92. The third-order valence-corrected chi connectivity index (χ3v) is 2.73. The minimum atomic E-state index is 0.654. The molecule has 0 spiro atoms. The van der Waals surface area contributed by atoms with Gasteiger partial charge in [-0.05, 0) is 36.5 Å². The lowest BCUT2D eigenvalue weighted by Crippen LogP contribution is -2.01. The zero-order chi connectivity index (χ0) is 9.80. The van der Waals surface area contributed by atoms with Gasteiger partial charge in [0.05, 0.1) is 0 Å². The molecule has 2 rings (SSSR count). The van der Waals surface area contributed by atoms with Crippen LogP contribution < -0.4 is 0 Å². The maximum absolute atomic E-state index is 5.83. The Kier molecular flexibility index (Phi) is 3.05. The van der Waals surface area contributed by atoms with Crippen LogP contribution in [0.5, 0.6) is 0 Å². The van der Waals surface area contributed by atoms with E-state index in [2.05, 4.69) is 36.4 Å². The molecule has 0 amide bonds. The summed E-state index contributed by atoms with van der Waals surface area (Å²) in [5, 5.41) is 0.813. The Morgan fingerprint density at radius 2 is 1.93 bits per heavy atom. The van der Waals surface area contributed by atoms with Gasteiger partial charge in [0.25, 0.3) is 0 Å². The lowest BCUT2D eigenvalue weighted by Gasteiger charge is -2.12. The third kappa shape index (κ3) is 2.49. The average Bonchev–Trinajstić information content (AvgIpc) is 2.23. The van der Waals surface area contributed by atoms with Crippen molar-refractivity contribution in [2.45, 2.75) is 12.8 Å². The summed E-state index contributed by atoms with van der Waals surface area (Å²) in [5.74, 6) is 0.654. The standard InChI is InChI=1S/C13H13Cl/c14-13-8-6-12(7-9-13)10-11-4-2-1-3-5-11/h1-4,6-9,11H,5,10H2/t11-/m0/s1. The predicted molar refractivity (Wildman–Crippen MR) is 61.5 cm³/mol. The summed E-state index contributed by atoms with van der Waals surface area (Å²) in [4.78, 5) is 0. The smallest absolute Gasteiger partial charge is 0.0406 e. The highest BCUT2D eigenvalue weighted by Gasteiger charge is 2.05. The Morgan fingerprint density at radius 3 is 2.57 bits per heavy atom. The number of allylic oxidation sites excluding steroid dienone is 4. The molecule has 14 heavy (non-hydrogen) atoms. The van der Waals surface area contributed by atoms with E-state index in [0.29, 0.717) is 5.92 Å². The highest BCUT2D eigenvalue weighted by molar-refractivity contribution is 6.30. The Balaban J connectivity index is 2.00. The van der Waals surface area contributed by atoms with E-state index in [1.165, 1.54) is 5.56 Å². The molecule has 0 aliphatic heterocycles. The molecule has 1 aromatic rings. The molecule has 72 valence electrons. The van der Waals surface area contributed by atoms with Crippen LogP contribution in [0.25, 0.3) is 0 Å². The zero-order valence-electron chi connectivity index (χ0n) is 7.99. The number of rotatable bonds is 2. The molecule has 0 bridgehead atoms. The van der Waals surface area contributed by atoms with Crippen molar-refractivity contribution in [1.82, 2.24) is 0 Å². The van der Waals surface area contributed by atoms with Crippen molar-refractivity contribution in [1.29, 1.82) is 0 Å². The second kappa shape index (κ2) is 4.47. The van der Waals surface area contributed by atoms with Gasteiger partial charge in [-0.25, -0.2) is 0 Å². The monoisotopic (exact) mass is 204 g/mol. The Morgan fingerprint density at radius 1 is 1.14 bits per heavy atom. The van der Waals surface area contributed by atoms with Gasteiger partial charge < -0.3 is 0 Å². The second-order valence-corrected chi connectivity index (χ2v) is 4.08. The van der Waals surface area contributed by atoms with Crippen molar-refractivity contribution < 1.29 is 0 Å². The van der Waals surface area contributed by atoms with E-state index in [0.717, 1.165) is 17.9 Å². The van der Waals surface area contributed by atoms with Gasteiger partial charge in [-0.2, -0.15) is 0 Å². The molecule has 1 heteroatoms. The summed E-state index contributed by atoms with van der Waals surface area (Å²) in [6.07, 6.45) is 11.0. The predicted octanol–water partition coefficient (Wildman–Crippen LogP) is 4.01. The number of halogens is 1. The first kappa shape index (κ1) is 9.54. The van der Waals surface area contributed by atoms with Crippen LogP contribution in [0.3, 0.4) is 0 Å². The Hall–Kier alpha value is -1.01. The maximum atomic E-state index is 5.83. The van der Waals surface area contributed by atoms with E-state index in [4.69, 9.17) is 11.6 Å². The van der Waals surface area contributed by atoms with Gasteiger partial charge in [-0.3, -0.25) is 0 Å². The van der Waals surface area contributed by atoms with Crippen molar-refractivity contribution in [3.8, 4) is 0 Å². The number of hydrogen-bond donors (Lipinski definition) is 0. The van der Waals surface area contributed by atoms with Crippen molar-refractivity contribution in [2.75, 3.05) is 0 Å². The van der Waals surface area contributed by atoms with Crippen LogP contribution in [-0.4, -0.2) is 0 Å². The summed E-state index contributed by atoms with van der Waals surface area (Å²) >= 11 is 5.83. The molecular weight excluding hydrogens is 192 g/mol. The van der Waals surface area contributed by atoms with Crippen LogP contribution in [0.15, 0.2) is 48.6 Å². The SMILES string of the molecule is Clc1ccc(C[C@H]2C=CC=CC2)cc1. The van der Waals surface area contributed by atoms with Crippen molar-refractivity contribution in [2.24, 2.45) is 5.92 Å². The first-order valence-corrected chi connectivity index (χ1v) is 5.30. The van der Waals surface area contributed by atoms with Gasteiger partial charge in [0.1, 0.15) is 0 Å². The fraction of sp³-hybridized carbons (Fsp3) is 0.231. The van der Waals surface area contributed by atoms with Crippen LogP contribution in [0.2, 0.25) is 5.02 Å². The molecule has 1 atom stereocenters. The summed E-state index contributed by atoms with van der Waals surface area (Å²) in [6, 6.07) is 8.13. The van der Waals surface area contributed by atoms with Gasteiger partial charge >= 0.3 is 0 Å². The van der Waals surface area contributed by atoms with E-state index < -0.39 is 0 Å². The molecule has 0 nitrogen and oxygen atoms in total. The van der Waals surface area contributed by atoms with Gasteiger partial charge in [-0.15, -0.1) is 0 Å². The number of hydrogen-bond acceptors (Lipinski definition) is 0. The van der Waals surface area contributed by atoms with Crippen molar-refractivity contribution in [3.05, 3.63) is 59.2 Å². The molecule has 1 aromatic carbocycles. The lowest BCUT2D eigenvalue weighted by atomic mass is 9.93. The molecule has 0 fully saturated rings. The van der Waals surface area contributed by atoms with Crippen LogP contribution in [-0.2, 0) is 6.42 Å². The summed E-state index contributed by atoms with van der Waals surface area (Å²) < 4.78 is 0. The fourth-order valence-corrected chi connectivity index (χ4v) is 1.83. The van der Waals surface area contributed by atoms with E-state index in [1.807, 2.05) is 12.1 Å². The van der Waals surface area contributed by atoms with Crippen molar-refractivity contribution >= 4 is 11.6 Å². The maximum Gasteiger partial charge on any atom is 0.0406 e. The molecule has 0 unspecified atom stereocenters. The Bertz CT molecular complexity index is 346. The van der Waals surface area contributed by atoms with Gasteiger partial charge in [0.2, 0.25) is 0 Å². The van der Waals surface area contributed by atoms with Crippen LogP contribution in [0.4, 0.5) is 0 Å². The largest absolute Gasteiger partial charge is 0.0843 e. The zero-order valence-corrected chi connectivity index (χ0v) is 8.74. The van der Waals surface area contributed by atoms with Gasteiger partial charge in [0.15, 0.2) is 0 Å². The molecule has 0 radical (unpaired) electrons. The molecule has 0 heterocycles. The molecule has 0 saturated heterocycles. The van der Waals surface area contributed by atoms with E-state index in [1.54, 1.807) is 0 Å². The molecule has 1 aliphatic rings. The first-order chi connectivity index (χ1) is 6.84. The molecule has 0 aromatic heterocycles. The van der Waals surface area contributed by atoms with Crippen LogP contribution >= 0.6 is 11.6 Å². The summed E-state index contributed by atoms with van der Waals surface area (Å²) in [7, 11) is 0. The topological polar surface area (TPSA) is 0 Å². The highest BCUT2D eigenvalue weighted by atomic mass is 35.5. The van der Waals surface area contributed by atoms with E-state index in [-0.39, 0.29) is 0 Å².